The number of ketones is 1. The van der Waals surface area contributed by atoms with Gasteiger partial charge in [-0.05, 0) is 36.0 Å². The molecule has 2 nitrogen and oxygen atoms in total. The van der Waals surface area contributed by atoms with E-state index in [1.54, 1.807) is 0 Å². The zero-order valence-corrected chi connectivity index (χ0v) is 11.0. The van der Waals surface area contributed by atoms with Gasteiger partial charge in [0.25, 0.3) is 0 Å². The quantitative estimate of drug-likeness (QED) is 0.654. The third kappa shape index (κ3) is 1.28. The van der Waals surface area contributed by atoms with Gasteiger partial charge in [0.05, 0.1) is 11.5 Å². The topological polar surface area (TPSA) is 37.3 Å². The lowest BCUT2D eigenvalue weighted by atomic mass is 9.48. The van der Waals surface area contributed by atoms with Crippen LogP contribution in [0.1, 0.15) is 46.5 Å². The number of hydrogen-bond acceptors (Lipinski definition) is 2. The first-order chi connectivity index (χ1) is 7.80. The molecule has 0 saturated heterocycles. The molecule has 4 atom stereocenters. The summed E-state index contributed by atoms with van der Waals surface area (Å²) in [5, 5.41) is 10.2. The Morgan fingerprint density at radius 1 is 1.29 bits per heavy atom. The van der Waals surface area contributed by atoms with Crippen LogP contribution in [0.15, 0.2) is 12.2 Å². The van der Waals surface area contributed by atoms with E-state index in [1.165, 1.54) is 0 Å². The monoisotopic (exact) mass is 234 g/mol. The Kier molecular flexibility index (Phi) is 2.04. The average molecular weight is 234 g/mol. The van der Waals surface area contributed by atoms with E-state index in [0.29, 0.717) is 12.3 Å². The van der Waals surface area contributed by atoms with Gasteiger partial charge in [0, 0.05) is 6.42 Å². The standard InChI is InChI=1S/C15H22O2/c1-13(2)6-7-15-5-4-11(16)14(3,9-15)12(17)8-10(13)15/h6-7,10-11,16H,4-5,8-9H2,1-3H3/t10-,11?,14+,15-/m1/s1. The Labute approximate surface area is 103 Å². The van der Waals surface area contributed by atoms with Crippen molar-refractivity contribution in [1.82, 2.24) is 0 Å². The van der Waals surface area contributed by atoms with Crippen LogP contribution in [0.3, 0.4) is 0 Å². The second kappa shape index (κ2) is 3.03. The fraction of sp³-hybridized carbons (Fsp3) is 0.800. The number of aliphatic hydroxyl groups is 1. The molecule has 94 valence electrons. The summed E-state index contributed by atoms with van der Waals surface area (Å²) in [5.41, 5.74) is -0.163. The Morgan fingerprint density at radius 2 is 2.00 bits per heavy atom. The molecule has 0 aromatic rings. The summed E-state index contributed by atoms with van der Waals surface area (Å²) in [7, 11) is 0. The van der Waals surface area contributed by atoms with E-state index >= 15 is 0 Å². The lowest BCUT2D eigenvalue weighted by Crippen LogP contribution is -2.56. The van der Waals surface area contributed by atoms with Crippen LogP contribution in [0.2, 0.25) is 0 Å². The van der Waals surface area contributed by atoms with Crippen molar-refractivity contribution in [3.63, 3.8) is 0 Å². The molecule has 2 fully saturated rings. The van der Waals surface area contributed by atoms with Crippen molar-refractivity contribution in [1.29, 1.82) is 0 Å². The molecule has 0 aromatic carbocycles. The lowest BCUT2D eigenvalue weighted by molar-refractivity contribution is -0.157. The van der Waals surface area contributed by atoms with Crippen LogP contribution in [0, 0.1) is 22.2 Å². The van der Waals surface area contributed by atoms with Gasteiger partial charge in [-0.2, -0.15) is 0 Å². The molecular formula is C15H22O2. The number of fused-ring (bicyclic) bond motifs is 1. The van der Waals surface area contributed by atoms with Gasteiger partial charge in [0.1, 0.15) is 5.78 Å². The molecule has 0 aliphatic heterocycles. The van der Waals surface area contributed by atoms with E-state index in [1.807, 2.05) is 6.92 Å². The van der Waals surface area contributed by atoms with Crippen LogP contribution in [-0.4, -0.2) is 17.0 Å². The van der Waals surface area contributed by atoms with E-state index in [2.05, 4.69) is 26.0 Å². The van der Waals surface area contributed by atoms with Crippen molar-refractivity contribution >= 4 is 5.78 Å². The van der Waals surface area contributed by atoms with Gasteiger partial charge in [-0.1, -0.05) is 32.9 Å². The summed E-state index contributed by atoms with van der Waals surface area (Å²) in [4.78, 5) is 12.4. The highest BCUT2D eigenvalue weighted by Crippen LogP contribution is 2.64. The number of hydrogen-bond donors (Lipinski definition) is 1. The molecule has 1 spiro atoms. The second-order valence-electron chi connectivity index (χ2n) is 7.22. The maximum Gasteiger partial charge on any atom is 0.141 e. The summed E-state index contributed by atoms with van der Waals surface area (Å²) in [5.74, 6) is 0.727. The fourth-order valence-electron chi connectivity index (χ4n) is 4.58. The van der Waals surface area contributed by atoms with E-state index in [-0.39, 0.29) is 16.6 Å². The zero-order chi connectivity index (χ0) is 12.5. The molecule has 3 aliphatic rings. The van der Waals surface area contributed by atoms with Crippen LogP contribution in [0.25, 0.3) is 0 Å². The third-order valence-corrected chi connectivity index (χ3v) is 5.78. The van der Waals surface area contributed by atoms with Crippen molar-refractivity contribution in [3.05, 3.63) is 12.2 Å². The Bertz CT molecular complexity index is 409. The minimum Gasteiger partial charge on any atom is -0.392 e. The third-order valence-electron chi connectivity index (χ3n) is 5.78. The number of allylic oxidation sites excluding steroid dienone is 2. The molecule has 2 bridgehead atoms. The number of Topliss-reactive ketones (excluding diaryl/α,β-unsaturated/α-hetero) is 1. The van der Waals surface area contributed by atoms with Crippen LogP contribution in [0.4, 0.5) is 0 Å². The molecule has 17 heavy (non-hydrogen) atoms. The Balaban J connectivity index is 2.05. The van der Waals surface area contributed by atoms with Gasteiger partial charge in [-0.15, -0.1) is 0 Å². The summed E-state index contributed by atoms with van der Waals surface area (Å²) in [6.45, 7) is 6.45. The predicted octanol–water partition coefficient (Wildman–Crippen LogP) is 2.71. The average Bonchev–Trinajstić information content (AvgIpc) is 2.49. The molecule has 0 radical (unpaired) electrons. The number of carbonyl (C=O) groups is 1. The molecular weight excluding hydrogens is 212 g/mol. The molecule has 0 amide bonds. The number of rotatable bonds is 0. The maximum atomic E-state index is 12.4. The molecule has 3 rings (SSSR count). The number of aliphatic hydroxyl groups excluding tert-OH is 1. The summed E-state index contributed by atoms with van der Waals surface area (Å²) >= 11 is 0. The molecule has 2 heteroatoms. The molecule has 1 unspecified atom stereocenters. The maximum absolute atomic E-state index is 12.4. The van der Waals surface area contributed by atoms with Crippen LogP contribution in [0.5, 0.6) is 0 Å². The van der Waals surface area contributed by atoms with Gasteiger partial charge >= 0.3 is 0 Å². The predicted molar refractivity (Wildman–Crippen MR) is 66.4 cm³/mol. The zero-order valence-electron chi connectivity index (χ0n) is 11.0. The Hall–Kier alpha value is -0.630. The van der Waals surface area contributed by atoms with Crippen molar-refractivity contribution in [3.8, 4) is 0 Å². The van der Waals surface area contributed by atoms with Crippen LogP contribution >= 0.6 is 0 Å². The van der Waals surface area contributed by atoms with Gasteiger partial charge in [0.15, 0.2) is 0 Å². The van der Waals surface area contributed by atoms with Gasteiger partial charge < -0.3 is 5.11 Å². The van der Waals surface area contributed by atoms with Gasteiger partial charge in [-0.25, -0.2) is 0 Å². The van der Waals surface area contributed by atoms with Crippen molar-refractivity contribution in [2.24, 2.45) is 22.2 Å². The minimum absolute atomic E-state index is 0.138. The highest BCUT2D eigenvalue weighted by atomic mass is 16.3. The highest BCUT2D eigenvalue weighted by Gasteiger charge is 2.61. The second-order valence-corrected chi connectivity index (χ2v) is 7.22. The minimum atomic E-state index is -0.487. The summed E-state index contributed by atoms with van der Waals surface area (Å²) in [6.07, 6.45) is 7.54. The van der Waals surface area contributed by atoms with Gasteiger partial charge in [0.2, 0.25) is 0 Å². The van der Waals surface area contributed by atoms with Crippen molar-refractivity contribution < 1.29 is 9.90 Å². The van der Waals surface area contributed by atoms with E-state index in [4.69, 9.17) is 0 Å². The SMILES string of the molecule is CC1(C)C=C[C@]23CCC(O)[C@](C)(C2)C(=O)C[C@H]13. The molecule has 0 heterocycles. The fourth-order valence-corrected chi connectivity index (χ4v) is 4.58. The van der Waals surface area contributed by atoms with Crippen LogP contribution in [-0.2, 0) is 4.79 Å². The van der Waals surface area contributed by atoms with E-state index < -0.39 is 11.5 Å². The lowest BCUT2D eigenvalue weighted by Gasteiger charge is -2.55. The molecule has 2 saturated carbocycles. The number of carbonyl (C=O) groups excluding carboxylic acids is 1. The summed E-state index contributed by atoms with van der Waals surface area (Å²) < 4.78 is 0. The largest absolute Gasteiger partial charge is 0.392 e. The normalized spacial score (nSPS) is 51.4. The molecule has 0 aromatic heterocycles. The summed E-state index contributed by atoms with van der Waals surface area (Å²) in [6, 6.07) is 0. The van der Waals surface area contributed by atoms with Gasteiger partial charge in [-0.3, -0.25) is 4.79 Å². The first-order valence-corrected chi connectivity index (χ1v) is 6.72. The van der Waals surface area contributed by atoms with E-state index in [0.717, 1.165) is 19.3 Å². The van der Waals surface area contributed by atoms with Crippen LogP contribution < -0.4 is 0 Å². The van der Waals surface area contributed by atoms with Crippen molar-refractivity contribution in [2.75, 3.05) is 0 Å². The van der Waals surface area contributed by atoms with E-state index in [9.17, 15) is 9.90 Å². The Morgan fingerprint density at radius 3 is 2.71 bits per heavy atom. The smallest absolute Gasteiger partial charge is 0.141 e. The highest BCUT2D eigenvalue weighted by molar-refractivity contribution is 5.87. The van der Waals surface area contributed by atoms with Crippen molar-refractivity contribution in [2.45, 2.75) is 52.6 Å². The molecule has 3 aliphatic carbocycles. The first kappa shape index (κ1) is 11.5. The molecule has 1 N–H and O–H groups in total. The first-order valence-electron chi connectivity index (χ1n) is 6.72.